The molecule has 0 bridgehead atoms. The van der Waals surface area contributed by atoms with Gasteiger partial charge in [0.2, 0.25) is 0 Å². The number of benzene rings is 1. The van der Waals surface area contributed by atoms with Crippen LogP contribution in [0.1, 0.15) is 21.7 Å². The van der Waals surface area contributed by atoms with Crippen LogP contribution in [0.4, 0.5) is 10.1 Å². The van der Waals surface area contributed by atoms with Gasteiger partial charge in [0.1, 0.15) is 11.5 Å². The normalized spacial score (nSPS) is 10.1. The Morgan fingerprint density at radius 2 is 2.00 bits per heavy atom. The minimum absolute atomic E-state index is 0.196. The van der Waals surface area contributed by atoms with E-state index in [1.54, 1.807) is 43.3 Å². The molecular formula is C19H13FN4O. The zero-order chi connectivity index (χ0) is 17.8. The molecule has 5 nitrogen and oxygen atoms in total. The number of nitrogens with one attached hydrogen (secondary N) is 1. The standard InChI is InChI=1S/C19H13FN4O/c1-12-5-14(15-7-16(20)11-22-10-15)8-18(23-12)19(25)24-17-4-2-3-13(6-17)9-21/h2-8,10-11H,1H3,(H,24,25). The average Bonchev–Trinajstić information content (AvgIpc) is 2.61. The zero-order valence-corrected chi connectivity index (χ0v) is 13.3. The van der Waals surface area contributed by atoms with Crippen molar-refractivity contribution in [2.75, 3.05) is 5.32 Å². The van der Waals surface area contributed by atoms with Gasteiger partial charge in [0.25, 0.3) is 5.91 Å². The van der Waals surface area contributed by atoms with E-state index in [4.69, 9.17) is 5.26 Å². The summed E-state index contributed by atoms with van der Waals surface area (Å²) in [4.78, 5) is 20.5. The first-order valence-corrected chi connectivity index (χ1v) is 7.46. The van der Waals surface area contributed by atoms with Crippen LogP contribution in [0.2, 0.25) is 0 Å². The number of aromatic nitrogens is 2. The summed E-state index contributed by atoms with van der Waals surface area (Å²) in [7, 11) is 0. The first-order chi connectivity index (χ1) is 12.0. The quantitative estimate of drug-likeness (QED) is 0.793. The number of carbonyl (C=O) groups is 1. The second-order valence-electron chi connectivity index (χ2n) is 5.42. The van der Waals surface area contributed by atoms with E-state index in [0.717, 1.165) is 6.20 Å². The lowest BCUT2D eigenvalue weighted by Crippen LogP contribution is -2.14. The van der Waals surface area contributed by atoms with Crippen molar-refractivity contribution in [1.29, 1.82) is 5.26 Å². The number of rotatable bonds is 3. The molecule has 3 rings (SSSR count). The van der Waals surface area contributed by atoms with Crippen LogP contribution in [-0.4, -0.2) is 15.9 Å². The molecule has 0 aliphatic rings. The SMILES string of the molecule is Cc1cc(-c2cncc(F)c2)cc(C(=O)Nc2cccc(C#N)c2)n1. The number of hydrogen-bond donors (Lipinski definition) is 1. The van der Waals surface area contributed by atoms with E-state index in [-0.39, 0.29) is 5.69 Å². The number of pyridine rings is 2. The fraction of sp³-hybridized carbons (Fsp3) is 0.0526. The molecule has 0 fully saturated rings. The third-order valence-corrected chi connectivity index (χ3v) is 3.47. The summed E-state index contributed by atoms with van der Waals surface area (Å²) in [5.41, 5.74) is 2.98. The van der Waals surface area contributed by atoms with Crippen LogP contribution < -0.4 is 5.32 Å². The molecule has 0 aliphatic heterocycles. The third-order valence-electron chi connectivity index (χ3n) is 3.47. The highest BCUT2D eigenvalue weighted by molar-refractivity contribution is 6.03. The van der Waals surface area contributed by atoms with Crippen molar-refractivity contribution in [1.82, 2.24) is 9.97 Å². The molecule has 2 aromatic heterocycles. The van der Waals surface area contributed by atoms with Gasteiger partial charge >= 0.3 is 0 Å². The topological polar surface area (TPSA) is 78.7 Å². The molecule has 0 unspecified atom stereocenters. The molecule has 1 aromatic carbocycles. The minimum Gasteiger partial charge on any atom is -0.321 e. The van der Waals surface area contributed by atoms with Gasteiger partial charge in [-0.15, -0.1) is 0 Å². The number of amides is 1. The Bertz CT molecular complexity index is 995. The van der Waals surface area contributed by atoms with Crippen LogP contribution in [0.3, 0.4) is 0 Å². The maximum Gasteiger partial charge on any atom is 0.274 e. The molecule has 0 saturated carbocycles. The van der Waals surface area contributed by atoms with Crippen molar-refractivity contribution >= 4 is 11.6 Å². The lowest BCUT2D eigenvalue weighted by atomic mass is 10.1. The zero-order valence-electron chi connectivity index (χ0n) is 13.3. The Labute approximate surface area is 143 Å². The predicted octanol–water partition coefficient (Wildman–Crippen LogP) is 3.72. The first kappa shape index (κ1) is 16.3. The summed E-state index contributed by atoms with van der Waals surface area (Å²) >= 11 is 0. The van der Waals surface area contributed by atoms with Gasteiger partial charge in [-0.1, -0.05) is 6.07 Å². The monoisotopic (exact) mass is 332 g/mol. The summed E-state index contributed by atoms with van der Waals surface area (Å²) < 4.78 is 13.4. The highest BCUT2D eigenvalue weighted by Gasteiger charge is 2.12. The van der Waals surface area contributed by atoms with Crippen LogP contribution in [0.5, 0.6) is 0 Å². The van der Waals surface area contributed by atoms with E-state index < -0.39 is 11.7 Å². The van der Waals surface area contributed by atoms with E-state index in [9.17, 15) is 9.18 Å². The number of halogens is 1. The van der Waals surface area contributed by atoms with Gasteiger partial charge in [-0.2, -0.15) is 5.26 Å². The van der Waals surface area contributed by atoms with E-state index in [2.05, 4.69) is 15.3 Å². The van der Waals surface area contributed by atoms with Crippen molar-refractivity contribution < 1.29 is 9.18 Å². The number of nitriles is 1. The van der Waals surface area contributed by atoms with Crippen molar-refractivity contribution in [3.8, 4) is 17.2 Å². The van der Waals surface area contributed by atoms with Gasteiger partial charge in [-0.25, -0.2) is 9.37 Å². The van der Waals surface area contributed by atoms with Crippen LogP contribution >= 0.6 is 0 Å². The molecule has 6 heteroatoms. The Kier molecular flexibility index (Phi) is 4.48. The van der Waals surface area contributed by atoms with Gasteiger partial charge < -0.3 is 5.32 Å². The largest absolute Gasteiger partial charge is 0.321 e. The fourth-order valence-electron chi connectivity index (χ4n) is 2.38. The maximum atomic E-state index is 13.4. The minimum atomic E-state index is -0.453. The van der Waals surface area contributed by atoms with Crippen LogP contribution in [0.15, 0.2) is 54.9 Å². The van der Waals surface area contributed by atoms with Gasteiger partial charge in [0.05, 0.1) is 17.8 Å². The van der Waals surface area contributed by atoms with Crippen molar-refractivity contribution in [2.45, 2.75) is 6.92 Å². The van der Waals surface area contributed by atoms with Crippen molar-refractivity contribution in [2.24, 2.45) is 0 Å². The van der Waals surface area contributed by atoms with Crippen molar-refractivity contribution in [3.05, 3.63) is 77.6 Å². The lowest BCUT2D eigenvalue weighted by Gasteiger charge is -2.08. The molecule has 122 valence electrons. The van der Waals surface area contributed by atoms with Crippen LogP contribution in [0, 0.1) is 24.1 Å². The summed E-state index contributed by atoms with van der Waals surface area (Å²) in [5.74, 6) is -0.865. The summed E-state index contributed by atoms with van der Waals surface area (Å²) in [6.07, 6.45) is 2.64. The molecule has 0 radical (unpaired) electrons. The smallest absolute Gasteiger partial charge is 0.274 e. The highest BCUT2D eigenvalue weighted by atomic mass is 19.1. The Balaban J connectivity index is 1.91. The third kappa shape index (κ3) is 3.85. The number of carbonyl (C=O) groups excluding carboxylic acids is 1. The van der Waals surface area contributed by atoms with Gasteiger partial charge in [-0.3, -0.25) is 9.78 Å². The molecule has 0 atom stereocenters. The maximum absolute atomic E-state index is 13.4. The van der Waals surface area contributed by atoms with Gasteiger partial charge in [0.15, 0.2) is 0 Å². The molecule has 25 heavy (non-hydrogen) atoms. The molecular weight excluding hydrogens is 319 g/mol. The van der Waals surface area contributed by atoms with E-state index in [1.165, 1.54) is 12.3 Å². The second-order valence-corrected chi connectivity index (χ2v) is 5.42. The lowest BCUT2D eigenvalue weighted by molar-refractivity contribution is 0.102. The molecule has 1 amide bonds. The first-order valence-electron chi connectivity index (χ1n) is 7.46. The molecule has 2 heterocycles. The molecule has 0 saturated heterocycles. The molecule has 3 aromatic rings. The number of hydrogen-bond acceptors (Lipinski definition) is 4. The Morgan fingerprint density at radius 1 is 1.16 bits per heavy atom. The molecule has 1 N–H and O–H groups in total. The number of nitrogens with zero attached hydrogens (tertiary/aromatic N) is 3. The summed E-state index contributed by atoms with van der Waals surface area (Å²) in [6.45, 7) is 1.75. The van der Waals surface area contributed by atoms with Crippen LogP contribution in [0.25, 0.3) is 11.1 Å². The predicted molar refractivity (Wildman–Crippen MR) is 91.3 cm³/mol. The number of aryl methyl sites for hydroxylation is 1. The molecule has 0 spiro atoms. The van der Waals surface area contributed by atoms with Crippen LogP contribution in [-0.2, 0) is 0 Å². The Hall–Kier alpha value is -3.59. The van der Waals surface area contributed by atoms with E-state index >= 15 is 0 Å². The highest BCUT2D eigenvalue weighted by Crippen LogP contribution is 2.21. The Morgan fingerprint density at radius 3 is 2.76 bits per heavy atom. The van der Waals surface area contributed by atoms with Gasteiger partial charge in [0, 0.05) is 23.1 Å². The average molecular weight is 332 g/mol. The number of anilines is 1. The summed E-state index contributed by atoms with van der Waals surface area (Å²) in [6, 6.07) is 13.3. The summed E-state index contributed by atoms with van der Waals surface area (Å²) in [5, 5.41) is 11.6. The van der Waals surface area contributed by atoms with E-state index in [1.807, 2.05) is 6.07 Å². The fourth-order valence-corrected chi connectivity index (χ4v) is 2.38. The van der Waals surface area contributed by atoms with Crippen molar-refractivity contribution in [3.63, 3.8) is 0 Å². The van der Waals surface area contributed by atoms with E-state index in [0.29, 0.717) is 28.1 Å². The van der Waals surface area contributed by atoms with Gasteiger partial charge in [-0.05, 0) is 48.9 Å². The molecule has 0 aliphatic carbocycles. The second kappa shape index (κ2) is 6.89.